The number of hydrogen-bond donors (Lipinski definition) is 1. The second-order valence-corrected chi connectivity index (χ2v) is 4.69. The number of aromatic nitrogens is 1. The second-order valence-electron chi connectivity index (χ2n) is 4.69. The average Bonchev–Trinajstić information content (AvgIpc) is 2.75. The highest BCUT2D eigenvalue weighted by atomic mass is 16.4. The molecule has 0 bridgehead atoms. The third kappa shape index (κ3) is 3.24. The Hall–Kier alpha value is -2.04. The van der Waals surface area contributed by atoms with E-state index < -0.39 is 5.76 Å². The molecule has 19 heavy (non-hydrogen) atoms. The van der Waals surface area contributed by atoms with Crippen molar-refractivity contribution in [2.45, 2.75) is 26.2 Å². The highest BCUT2D eigenvalue weighted by Gasteiger charge is 2.10. The summed E-state index contributed by atoms with van der Waals surface area (Å²) in [6.07, 6.45) is 2.42. The molecule has 0 aliphatic rings. The smallest absolute Gasteiger partial charge is 0.408 e. The van der Waals surface area contributed by atoms with Crippen LogP contribution in [0.5, 0.6) is 0 Å². The minimum Gasteiger partial charge on any atom is -0.408 e. The molecule has 0 saturated carbocycles. The van der Waals surface area contributed by atoms with Crippen LogP contribution in [-0.4, -0.2) is 29.4 Å². The second kappa shape index (κ2) is 5.73. The van der Waals surface area contributed by atoms with Gasteiger partial charge < -0.3 is 9.32 Å². The zero-order valence-electron chi connectivity index (χ0n) is 11.2. The fraction of sp³-hybridized carbons (Fsp3) is 0.429. The number of nitrogens with zero attached hydrogens (tertiary/aromatic N) is 1. The van der Waals surface area contributed by atoms with Crippen LogP contribution >= 0.6 is 0 Å². The Morgan fingerprint density at radius 3 is 2.95 bits per heavy atom. The van der Waals surface area contributed by atoms with Crippen LogP contribution in [0.15, 0.2) is 27.4 Å². The SMILES string of the molecule is CCCCN(C)C(=O)Cc1ccc2oc(=O)[nH]c2c1. The van der Waals surface area contributed by atoms with Gasteiger partial charge in [-0.25, -0.2) is 4.79 Å². The van der Waals surface area contributed by atoms with Crippen molar-refractivity contribution in [1.29, 1.82) is 0 Å². The van der Waals surface area contributed by atoms with E-state index in [2.05, 4.69) is 11.9 Å². The number of H-pyrrole nitrogens is 1. The molecule has 0 saturated heterocycles. The maximum atomic E-state index is 12.0. The summed E-state index contributed by atoms with van der Waals surface area (Å²) in [5.41, 5.74) is 2.02. The predicted molar refractivity (Wildman–Crippen MR) is 73.1 cm³/mol. The lowest BCUT2D eigenvalue weighted by Gasteiger charge is -2.16. The van der Waals surface area contributed by atoms with Gasteiger partial charge in [-0.05, 0) is 24.1 Å². The molecule has 1 aromatic carbocycles. The Morgan fingerprint density at radius 1 is 1.42 bits per heavy atom. The number of oxazole rings is 1. The lowest BCUT2D eigenvalue weighted by Crippen LogP contribution is -2.29. The molecule has 0 aliphatic carbocycles. The number of hydrogen-bond acceptors (Lipinski definition) is 3. The van der Waals surface area contributed by atoms with Crippen molar-refractivity contribution < 1.29 is 9.21 Å². The molecule has 1 N–H and O–H groups in total. The standard InChI is InChI=1S/C14H18N2O3/c1-3-4-7-16(2)13(17)9-10-5-6-12-11(8-10)15-14(18)19-12/h5-6,8H,3-4,7,9H2,1-2H3,(H,15,18). The number of aromatic amines is 1. The summed E-state index contributed by atoms with van der Waals surface area (Å²) in [4.78, 5) is 27.4. The predicted octanol–water partition coefficient (Wildman–Crippen LogP) is 1.92. The fourth-order valence-electron chi connectivity index (χ4n) is 1.94. The first-order chi connectivity index (χ1) is 9.10. The molecule has 0 atom stereocenters. The van der Waals surface area contributed by atoms with Crippen LogP contribution in [0.3, 0.4) is 0 Å². The molecule has 1 aromatic heterocycles. The van der Waals surface area contributed by atoms with Crippen molar-refractivity contribution in [3.8, 4) is 0 Å². The molecule has 2 rings (SSSR count). The van der Waals surface area contributed by atoms with Gasteiger partial charge in [0.1, 0.15) is 0 Å². The van der Waals surface area contributed by atoms with Crippen LogP contribution in [0, 0.1) is 0 Å². The van der Waals surface area contributed by atoms with Crippen LogP contribution in [0.25, 0.3) is 11.1 Å². The molecular formula is C14H18N2O3. The number of nitrogens with one attached hydrogen (secondary N) is 1. The Bertz CT molecular complexity index is 627. The van der Waals surface area contributed by atoms with Gasteiger partial charge >= 0.3 is 5.76 Å². The quantitative estimate of drug-likeness (QED) is 0.895. The lowest BCUT2D eigenvalue weighted by molar-refractivity contribution is -0.129. The van der Waals surface area contributed by atoms with E-state index in [9.17, 15) is 9.59 Å². The number of carbonyl (C=O) groups is 1. The number of amides is 1. The lowest BCUT2D eigenvalue weighted by atomic mass is 10.1. The van der Waals surface area contributed by atoms with Gasteiger partial charge in [0.05, 0.1) is 11.9 Å². The largest absolute Gasteiger partial charge is 0.417 e. The maximum Gasteiger partial charge on any atom is 0.417 e. The van der Waals surface area contributed by atoms with E-state index in [-0.39, 0.29) is 5.91 Å². The third-order valence-electron chi connectivity index (χ3n) is 3.11. The normalized spacial score (nSPS) is 10.8. The number of unbranched alkanes of at least 4 members (excludes halogenated alkanes) is 1. The Kier molecular flexibility index (Phi) is 4.04. The first-order valence-electron chi connectivity index (χ1n) is 6.46. The van der Waals surface area contributed by atoms with E-state index in [4.69, 9.17) is 4.42 Å². The summed E-state index contributed by atoms with van der Waals surface area (Å²) in [6, 6.07) is 5.30. The third-order valence-corrected chi connectivity index (χ3v) is 3.11. The molecule has 1 amide bonds. The topological polar surface area (TPSA) is 66.3 Å². The van der Waals surface area contributed by atoms with Crippen LogP contribution in [-0.2, 0) is 11.2 Å². The summed E-state index contributed by atoms with van der Waals surface area (Å²) >= 11 is 0. The van der Waals surface area contributed by atoms with E-state index >= 15 is 0 Å². The number of fused-ring (bicyclic) bond motifs is 1. The summed E-state index contributed by atoms with van der Waals surface area (Å²) < 4.78 is 4.92. The Morgan fingerprint density at radius 2 is 2.21 bits per heavy atom. The van der Waals surface area contributed by atoms with Crippen molar-refractivity contribution in [2.75, 3.05) is 13.6 Å². The Balaban J connectivity index is 2.08. The zero-order chi connectivity index (χ0) is 13.8. The highest BCUT2D eigenvalue weighted by Crippen LogP contribution is 2.13. The first kappa shape index (κ1) is 13.4. The van der Waals surface area contributed by atoms with E-state index in [1.807, 2.05) is 13.1 Å². The van der Waals surface area contributed by atoms with Gasteiger partial charge in [-0.1, -0.05) is 19.4 Å². The molecule has 0 unspecified atom stereocenters. The minimum atomic E-state index is -0.474. The van der Waals surface area contributed by atoms with Gasteiger partial charge in [0.15, 0.2) is 5.58 Å². The van der Waals surface area contributed by atoms with Gasteiger partial charge in [-0.15, -0.1) is 0 Å². The molecule has 5 heteroatoms. The molecule has 102 valence electrons. The molecular weight excluding hydrogens is 244 g/mol. The molecule has 5 nitrogen and oxygen atoms in total. The van der Waals surface area contributed by atoms with Crippen LogP contribution < -0.4 is 5.76 Å². The molecule has 2 aromatic rings. The highest BCUT2D eigenvalue weighted by molar-refractivity contribution is 5.80. The number of likely N-dealkylation sites (N-methyl/N-ethyl adjacent to an activating group) is 1. The summed E-state index contributed by atoms with van der Waals surface area (Å²) in [7, 11) is 1.82. The van der Waals surface area contributed by atoms with Crippen molar-refractivity contribution in [3.05, 3.63) is 34.3 Å². The summed E-state index contributed by atoms with van der Waals surface area (Å²) in [5.74, 6) is -0.391. The van der Waals surface area contributed by atoms with Gasteiger partial charge in [0.2, 0.25) is 5.91 Å². The van der Waals surface area contributed by atoms with E-state index in [1.54, 1.807) is 17.0 Å². The molecule has 0 radical (unpaired) electrons. The molecule has 0 fully saturated rings. The monoisotopic (exact) mass is 262 g/mol. The maximum absolute atomic E-state index is 12.0. The van der Waals surface area contributed by atoms with Crippen LogP contribution in [0.2, 0.25) is 0 Å². The van der Waals surface area contributed by atoms with Crippen molar-refractivity contribution in [3.63, 3.8) is 0 Å². The fourth-order valence-corrected chi connectivity index (χ4v) is 1.94. The van der Waals surface area contributed by atoms with E-state index in [0.29, 0.717) is 17.5 Å². The Labute approximate surface area is 111 Å². The number of benzene rings is 1. The van der Waals surface area contributed by atoms with Gasteiger partial charge in [0.25, 0.3) is 0 Å². The molecule has 1 heterocycles. The van der Waals surface area contributed by atoms with Crippen molar-refractivity contribution in [1.82, 2.24) is 9.88 Å². The number of rotatable bonds is 5. The van der Waals surface area contributed by atoms with Gasteiger partial charge in [-0.3, -0.25) is 9.78 Å². The van der Waals surface area contributed by atoms with E-state index in [1.165, 1.54) is 0 Å². The molecule has 0 aliphatic heterocycles. The van der Waals surface area contributed by atoms with Crippen molar-refractivity contribution >= 4 is 17.0 Å². The summed E-state index contributed by atoms with van der Waals surface area (Å²) in [6.45, 7) is 2.88. The summed E-state index contributed by atoms with van der Waals surface area (Å²) in [5, 5.41) is 0. The number of carbonyl (C=O) groups excluding carboxylic acids is 1. The first-order valence-corrected chi connectivity index (χ1v) is 6.46. The van der Waals surface area contributed by atoms with Gasteiger partial charge in [-0.2, -0.15) is 0 Å². The van der Waals surface area contributed by atoms with Crippen LogP contribution in [0.4, 0.5) is 0 Å². The average molecular weight is 262 g/mol. The van der Waals surface area contributed by atoms with Gasteiger partial charge in [0, 0.05) is 13.6 Å². The van der Waals surface area contributed by atoms with Crippen molar-refractivity contribution in [2.24, 2.45) is 0 Å². The zero-order valence-corrected chi connectivity index (χ0v) is 11.2. The molecule has 0 spiro atoms. The van der Waals surface area contributed by atoms with E-state index in [0.717, 1.165) is 24.9 Å². The van der Waals surface area contributed by atoms with Crippen LogP contribution in [0.1, 0.15) is 25.3 Å². The minimum absolute atomic E-state index is 0.0821.